The second-order valence-electron chi connectivity index (χ2n) is 8.54. The van der Waals surface area contributed by atoms with Gasteiger partial charge in [0.25, 0.3) is 0 Å². The highest BCUT2D eigenvalue weighted by molar-refractivity contribution is 6.31. The molecule has 2 heterocycles. The number of likely N-dealkylation sites (tertiary alicyclic amines) is 1. The minimum Gasteiger partial charge on any atom is -0.508 e. The summed E-state index contributed by atoms with van der Waals surface area (Å²) in [6.07, 6.45) is 4.45. The van der Waals surface area contributed by atoms with E-state index in [1.54, 1.807) is 15.9 Å². The number of phenolic OH excluding ortho intramolecular Hbond substituents is 1. The third-order valence-electron chi connectivity index (χ3n) is 6.84. The SMILES string of the molecule is O=C(O)C1CCCCC1C(=O)N1CCc2c(Cl)ccc(O)c2[C@H]1CN1CCCC1=O. The first-order valence-electron chi connectivity index (χ1n) is 10.7. The molecule has 3 aliphatic rings. The van der Waals surface area contributed by atoms with Crippen LogP contribution in [-0.2, 0) is 20.8 Å². The van der Waals surface area contributed by atoms with Crippen LogP contribution in [-0.4, -0.2) is 57.4 Å². The molecule has 1 saturated carbocycles. The highest BCUT2D eigenvalue weighted by atomic mass is 35.5. The maximum atomic E-state index is 13.6. The highest BCUT2D eigenvalue weighted by Crippen LogP contribution is 2.42. The van der Waals surface area contributed by atoms with Gasteiger partial charge in [0.15, 0.2) is 0 Å². The summed E-state index contributed by atoms with van der Waals surface area (Å²) in [5.74, 6) is -2.28. The number of carboxylic acid groups (broad SMARTS) is 1. The fourth-order valence-electron chi connectivity index (χ4n) is 5.29. The zero-order valence-corrected chi connectivity index (χ0v) is 17.6. The summed E-state index contributed by atoms with van der Waals surface area (Å²) >= 11 is 6.39. The lowest BCUT2D eigenvalue weighted by Crippen LogP contribution is -2.50. The van der Waals surface area contributed by atoms with E-state index in [0.29, 0.717) is 49.4 Å². The zero-order chi connectivity index (χ0) is 21.4. The number of halogens is 1. The Kier molecular flexibility index (Phi) is 5.91. The molecule has 4 rings (SSSR count). The largest absolute Gasteiger partial charge is 0.508 e. The Morgan fingerprint density at radius 1 is 1.07 bits per heavy atom. The highest BCUT2D eigenvalue weighted by Gasteiger charge is 2.43. The van der Waals surface area contributed by atoms with E-state index in [0.717, 1.165) is 24.8 Å². The number of phenols is 1. The van der Waals surface area contributed by atoms with Crippen molar-refractivity contribution in [2.24, 2.45) is 11.8 Å². The van der Waals surface area contributed by atoms with Gasteiger partial charge in [0.2, 0.25) is 11.8 Å². The van der Waals surface area contributed by atoms with Crippen molar-refractivity contribution in [3.8, 4) is 5.75 Å². The zero-order valence-electron chi connectivity index (χ0n) is 16.8. The Balaban J connectivity index is 1.70. The first-order chi connectivity index (χ1) is 14.4. The van der Waals surface area contributed by atoms with E-state index >= 15 is 0 Å². The summed E-state index contributed by atoms with van der Waals surface area (Å²) in [4.78, 5) is 41.1. The maximum Gasteiger partial charge on any atom is 0.307 e. The van der Waals surface area contributed by atoms with Gasteiger partial charge in [-0.05, 0) is 43.4 Å². The maximum absolute atomic E-state index is 13.6. The normalized spacial score (nSPS) is 26.6. The van der Waals surface area contributed by atoms with Crippen LogP contribution in [0.2, 0.25) is 5.02 Å². The molecule has 0 spiro atoms. The van der Waals surface area contributed by atoms with Gasteiger partial charge in [0.05, 0.1) is 17.9 Å². The summed E-state index contributed by atoms with van der Waals surface area (Å²) in [5, 5.41) is 20.8. The van der Waals surface area contributed by atoms with Crippen LogP contribution >= 0.6 is 11.6 Å². The number of amides is 2. The number of fused-ring (bicyclic) bond motifs is 1. The lowest BCUT2D eigenvalue weighted by Gasteiger charge is -2.42. The minimum atomic E-state index is -0.928. The van der Waals surface area contributed by atoms with Gasteiger partial charge in [-0.1, -0.05) is 24.4 Å². The molecule has 30 heavy (non-hydrogen) atoms. The molecule has 2 N–H and O–H groups in total. The number of benzene rings is 1. The fourth-order valence-corrected chi connectivity index (χ4v) is 5.55. The molecular weight excluding hydrogens is 408 g/mol. The van der Waals surface area contributed by atoms with Crippen molar-refractivity contribution in [1.82, 2.24) is 9.80 Å². The topological polar surface area (TPSA) is 98.2 Å². The van der Waals surface area contributed by atoms with Crippen molar-refractivity contribution in [3.63, 3.8) is 0 Å². The molecule has 3 atom stereocenters. The first kappa shape index (κ1) is 21.0. The molecule has 0 radical (unpaired) electrons. The number of hydrogen-bond donors (Lipinski definition) is 2. The van der Waals surface area contributed by atoms with Crippen molar-refractivity contribution < 1.29 is 24.6 Å². The van der Waals surface area contributed by atoms with Gasteiger partial charge in [-0.2, -0.15) is 0 Å². The molecule has 0 bridgehead atoms. The Bertz CT molecular complexity index is 873. The van der Waals surface area contributed by atoms with Crippen LogP contribution in [0.1, 0.15) is 55.7 Å². The van der Waals surface area contributed by atoms with E-state index in [-0.39, 0.29) is 24.1 Å². The number of carbonyl (C=O) groups is 3. The van der Waals surface area contributed by atoms with Crippen molar-refractivity contribution >= 4 is 29.4 Å². The summed E-state index contributed by atoms with van der Waals surface area (Å²) in [6.45, 7) is 1.30. The van der Waals surface area contributed by atoms with E-state index in [2.05, 4.69) is 0 Å². The van der Waals surface area contributed by atoms with Crippen LogP contribution in [0.3, 0.4) is 0 Å². The van der Waals surface area contributed by atoms with Gasteiger partial charge in [0.1, 0.15) is 5.75 Å². The van der Waals surface area contributed by atoms with Gasteiger partial charge in [-0.15, -0.1) is 0 Å². The van der Waals surface area contributed by atoms with Gasteiger partial charge < -0.3 is 20.0 Å². The molecule has 2 unspecified atom stereocenters. The van der Waals surface area contributed by atoms with Crippen LogP contribution in [0.25, 0.3) is 0 Å². The van der Waals surface area contributed by atoms with Gasteiger partial charge >= 0.3 is 5.97 Å². The molecule has 162 valence electrons. The van der Waals surface area contributed by atoms with Crippen LogP contribution in [0, 0.1) is 11.8 Å². The second kappa shape index (κ2) is 8.46. The molecule has 1 aromatic carbocycles. The number of nitrogens with zero attached hydrogens (tertiary/aromatic N) is 2. The van der Waals surface area contributed by atoms with Gasteiger partial charge in [0, 0.05) is 36.6 Å². The molecule has 2 aliphatic heterocycles. The standard InChI is InChI=1S/C22H27ClN2O5/c23-16-7-8-18(26)20-15(16)9-11-25(17(20)12-24-10-3-6-19(24)27)21(28)13-4-1-2-5-14(13)22(29)30/h7-8,13-14,17,26H,1-6,9-12H2,(H,29,30)/t13?,14?,17-/m1/s1. The van der Waals surface area contributed by atoms with Crippen LogP contribution in [0.15, 0.2) is 12.1 Å². The number of carbonyl (C=O) groups excluding carboxylic acids is 2. The van der Waals surface area contributed by atoms with Crippen LogP contribution in [0.4, 0.5) is 0 Å². The number of hydrogen-bond acceptors (Lipinski definition) is 4. The lowest BCUT2D eigenvalue weighted by atomic mass is 9.77. The number of aromatic hydroxyl groups is 1. The van der Waals surface area contributed by atoms with E-state index in [4.69, 9.17) is 11.6 Å². The van der Waals surface area contributed by atoms with Crippen molar-refractivity contribution in [2.45, 2.75) is 51.0 Å². The summed E-state index contributed by atoms with van der Waals surface area (Å²) < 4.78 is 0. The van der Waals surface area contributed by atoms with E-state index in [1.807, 2.05) is 0 Å². The van der Waals surface area contributed by atoms with Crippen molar-refractivity contribution in [3.05, 3.63) is 28.3 Å². The molecule has 1 saturated heterocycles. The number of aliphatic carboxylic acids is 1. The molecule has 2 fully saturated rings. The molecule has 0 aromatic heterocycles. The Hall–Kier alpha value is -2.28. The van der Waals surface area contributed by atoms with Gasteiger partial charge in [-0.3, -0.25) is 14.4 Å². The quantitative estimate of drug-likeness (QED) is 0.759. The molecule has 1 aromatic rings. The van der Waals surface area contributed by atoms with Crippen LogP contribution in [0.5, 0.6) is 5.75 Å². The van der Waals surface area contributed by atoms with Crippen molar-refractivity contribution in [1.29, 1.82) is 0 Å². The molecule has 2 amide bonds. The third-order valence-corrected chi connectivity index (χ3v) is 7.19. The van der Waals surface area contributed by atoms with E-state index in [9.17, 15) is 24.6 Å². The summed E-state index contributed by atoms with van der Waals surface area (Å²) in [7, 11) is 0. The predicted octanol–water partition coefficient (Wildman–Crippen LogP) is 2.98. The Morgan fingerprint density at radius 2 is 1.80 bits per heavy atom. The second-order valence-corrected chi connectivity index (χ2v) is 8.94. The molecule has 1 aliphatic carbocycles. The Morgan fingerprint density at radius 3 is 2.47 bits per heavy atom. The molecule has 7 nitrogen and oxygen atoms in total. The third kappa shape index (κ3) is 3.75. The predicted molar refractivity (Wildman–Crippen MR) is 110 cm³/mol. The average molecular weight is 435 g/mol. The smallest absolute Gasteiger partial charge is 0.307 e. The van der Waals surface area contributed by atoms with Crippen LogP contribution < -0.4 is 0 Å². The van der Waals surface area contributed by atoms with Gasteiger partial charge in [-0.25, -0.2) is 0 Å². The van der Waals surface area contributed by atoms with E-state index in [1.165, 1.54) is 6.07 Å². The number of rotatable bonds is 4. The Labute approximate surface area is 180 Å². The summed E-state index contributed by atoms with van der Waals surface area (Å²) in [5.41, 5.74) is 1.39. The lowest BCUT2D eigenvalue weighted by molar-refractivity contribution is -0.154. The minimum absolute atomic E-state index is 0.0390. The molecular formula is C22H27ClN2O5. The first-order valence-corrected chi connectivity index (χ1v) is 11.1. The summed E-state index contributed by atoms with van der Waals surface area (Å²) in [6, 6.07) is 2.64. The number of carboxylic acids is 1. The molecule has 8 heteroatoms. The fraction of sp³-hybridized carbons (Fsp3) is 0.591. The van der Waals surface area contributed by atoms with E-state index < -0.39 is 23.8 Å². The monoisotopic (exact) mass is 434 g/mol. The average Bonchev–Trinajstić information content (AvgIpc) is 3.14. The van der Waals surface area contributed by atoms with Crippen molar-refractivity contribution in [2.75, 3.05) is 19.6 Å².